The average molecular weight is 273 g/mol. The number of aromatic nitrogens is 4. The van der Waals surface area contributed by atoms with E-state index in [2.05, 4.69) is 25.9 Å². The zero-order chi connectivity index (χ0) is 14.4. The first-order chi connectivity index (χ1) is 9.65. The molecule has 0 spiro atoms. The lowest BCUT2D eigenvalue weighted by molar-refractivity contribution is -0.122. The lowest BCUT2D eigenvalue weighted by Crippen LogP contribution is -2.25. The summed E-state index contributed by atoms with van der Waals surface area (Å²) in [6.45, 7) is -0.0371. The molecule has 2 rings (SSSR count). The molecule has 0 fully saturated rings. The van der Waals surface area contributed by atoms with E-state index in [1.54, 1.807) is 19.0 Å². The molecule has 2 aromatic rings. The van der Waals surface area contributed by atoms with Crippen LogP contribution in [0.3, 0.4) is 0 Å². The zero-order valence-electron chi connectivity index (χ0n) is 11.3. The average Bonchev–Trinajstić information content (AvgIpc) is 2.88. The van der Waals surface area contributed by atoms with Gasteiger partial charge in [-0.1, -0.05) is 30.3 Å². The van der Waals surface area contributed by atoms with E-state index in [-0.39, 0.29) is 12.5 Å². The van der Waals surface area contributed by atoms with Crippen molar-refractivity contribution in [3.8, 4) is 11.4 Å². The van der Waals surface area contributed by atoms with E-state index in [9.17, 15) is 4.79 Å². The fourth-order valence-electron chi connectivity index (χ4n) is 1.39. The summed E-state index contributed by atoms with van der Waals surface area (Å²) in [4.78, 5) is 14.5. The minimum absolute atomic E-state index is 0.0371. The van der Waals surface area contributed by atoms with Crippen LogP contribution in [0.15, 0.2) is 35.4 Å². The lowest BCUT2D eigenvalue weighted by atomic mass is 10.2. The summed E-state index contributed by atoms with van der Waals surface area (Å²) in [7, 11) is 3.61. The van der Waals surface area contributed by atoms with Crippen molar-refractivity contribution >= 4 is 12.2 Å². The Labute approximate surface area is 116 Å². The van der Waals surface area contributed by atoms with Gasteiger partial charge in [0.2, 0.25) is 5.82 Å². The number of rotatable bonds is 5. The van der Waals surface area contributed by atoms with Crippen molar-refractivity contribution in [3.63, 3.8) is 0 Å². The van der Waals surface area contributed by atoms with E-state index in [0.717, 1.165) is 5.56 Å². The second-order valence-corrected chi connectivity index (χ2v) is 4.25. The molecule has 0 radical (unpaired) electrons. The smallest absolute Gasteiger partial charge is 0.263 e. The monoisotopic (exact) mass is 273 g/mol. The van der Waals surface area contributed by atoms with Gasteiger partial charge in [-0.2, -0.15) is 9.90 Å². The molecule has 1 N–H and O–H groups in total. The predicted molar refractivity (Wildman–Crippen MR) is 73.6 cm³/mol. The van der Waals surface area contributed by atoms with Gasteiger partial charge in [0, 0.05) is 19.7 Å². The molecule has 0 saturated heterocycles. The molecule has 8 heteroatoms. The van der Waals surface area contributed by atoms with Gasteiger partial charge in [-0.25, -0.2) is 5.43 Å². The molecule has 20 heavy (non-hydrogen) atoms. The fourth-order valence-corrected chi connectivity index (χ4v) is 1.39. The number of nitrogens with zero attached hydrogens (tertiary/aromatic N) is 6. The quantitative estimate of drug-likeness (QED) is 0.469. The van der Waals surface area contributed by atoms with Gasteiger partial charge in [0.05, 0.1) is 0 Å². The highest BCUT2D eigenvalue weighted by atomic mass is 16.2. The molecular formula is C12H15N7O. The molecule has 1 amide bonds. The number of hydrazone groups is 1. The van der Waals surface area contributed by atoms with Crippen molar-refractivity contribution in [2.45, 2.75) is 6.54 Å². The highest BCUT2D eigenvalue weighted by Gasteiger charge is 2.08. The second kappa shape index (κ2) is 6.41. The molecule has 0 saturated carbocycles. The Bertz CT molecular complexity index is 591. The first-order valence-corrected chi connectivity index (χ1v) is 5.97. The van der Waals surface area contributed by atoms with Crippen LogP contribution in [0.25, 0.3) is 11.4 Å². The Hall–Kier alpha value is -2.77. The first-order valence-electron chi connectivity index (χ1n) is 5.97. The maximum Gasteiger partial charge on any atom is 0.263 e. The molecule has 0 unspecified atom stereocenters. The summed E-state index contributed by atoms with van der Waals surface area (Å²) < 4.78 is 0. The number of nitrogens with one attached hydrogen (secondary N) is 1. The van der Waals surface area contributed by atoms with Crippen LogP contribution < -0.4 is 5.43 Å². The van der Waals surface area contributed by atoms with Crippen LogP contribution in [-0.2, 0) is 11.3 Å². The van der Waals surface area contributed by atoms with Gasteiger partial charge in [0.1, 0.15) is 12.9 Å². The standard InChI is InChI=1S/C12H15N7O/c1-18(2)9-13-14-11(20)8-19-16-12(15-17-19)10-6-4-3-5-7-10/h3-7,9H,8H2,1-2H3,(H,14,20)/b13-9+. The minimum Gasteiger partial charge on any atom is -0.367 e. The SMILES string of the molecule is CN(C)/C=N/NC(=O)Cn1nnc(-c2ccccc2)n1. The Morgan fingerprint density at radius 2 is 2.15 bits per heavy atom. The Kier molecular flexibility index (Phi) is 4.38. The van der Waals surface area contributed by atoms with Crippen LogP contribution in [0, 0.1) is 0 Å². The molecule has 0 atom stereocenters. The van der Waals surface area contributed by atoms with Crippen LogP contribution in [0.1, 0.15) is 0 Å². The Balaban J connectivity index is 1.95. The van der Waals surface area contributed by atoms with E-state index < -0.39 is 0 Å². The van der Waals surface area contributed by atoms with Gasteiger partial charge < -0.3 is 4.90 Å². The predicted octanol–water partition coefficient (Wildman–Crippen LogP) is -0.0388. The molecule has 1 heterocycles. The number of carbonyl (C=O) groups excluding carboxylic acids is 1. The van der Waals surface area contributed by atoms with E-state index in [4.69, 9.17) is 0 Å². The van der Waals surface area contributed by atoms with Crippen molar-refractivity contribution in [3.05, 3.63) is 30.3 Å². The van der Waals surface area contributed by atoms with E-state index in [1.807, 2.05) is 30.3 Å². The maximum atomic E-state index is 11.6. The van der Waals surface area contributed by atoms with Crippen molar-refractivity contribution in [1.29, 1.82) is 0 Å². The summed E-state index contributed by atoms with van der Waals surface area (Å²) >= 11 is 0. The summed E-state index contributed by atoms with van der Waals surface area (Å²) in [6.07, 6.45) is 1.49. The third-order valence-electron chi connectivity index (χ3n) is 2.25. The molecule has 0 aliphatic rings. The van der Waals surface area contributed by atoms with Crippen LogP contribution in [0.2, 0.25) is 0 Å². The third kappa shape index (κ3) is 3.87. The third-order valence-corrected chi connectivity index (χ3v) is 2.25. The zero-order valence-corrected chi connectivity index (χ0v) is 11.3. The number of amides is 1. The summed E-state index contributed by atoms with van der Waals surface area (Å²) in [5.41, 5.74) is 3.22. The molecule has 0 aliphatic carbocycles. The van der Waals surface area contributed by atoms with Crippen molar-refractivity contribution < 1.29 is 4.79 Å². The molecule has 104 valence electrons. The van der Waals surface area contributed by atoms with E-state index >= 15 is 0 Å². The van der Waals surface area contributed by atoms with Gasteiger partial charge in [-0.15, -0.1) is 10.2 Å². The van der Waals surface area contributed by atoms with Crippen LogP contribution in [0.5, 0.6) is 0 Å². The van der Waals surface area contributed by atoms with Gasteiger partial charge in [-0.05, 0) is 5.21 Å². The number of tetrazole rings is 1. The Morgan fingerprint density at radius 1 is 1.40 bits per heavy atom. The lowest BCUT2D eigenvalue weighted by Gasteiger charge is -2.02. The van der Waals surface area contributed by atoms with Crippen molar-refractivity contribution in [1.82, 2.24) is 30.5 Å². The fraction of sp³-hybridized carbons (Fsp3) is 0.250. The summed E-state index contributed by atoms with van der Waals surface area (Å²) in [5.74, 6) is 0.162. The van der Waals surface area contributed by atoms with Crippen molar-refractivity contribution in [2.75, 3.05) is 14.1 Å². The van der Waals surface area contributed by atoms with Gasteiger partial charge in [0.15, 0.2) is 0 Å². The number of hydrogen-bond acceptors (Lipinski definition) is 5. The topological polar surface area (TPSA) is 88.3 Å². The first kappa shape index (κ1) is 13.7. The number of benzene rings is 1. The molecule has 1 aromatic carbocycles. The van der Waals surface area contributed by atoms with E-state index in [1.165, 1.54) is 11.1 Å². The van der Waals surface area contributed by atoms with E-state index in [0.29, 0.717) is 5.82 Å². The molecular weight excluding hydrogens is 258 g/mol. The van der Waals surface area contributed by atoms with Gasteiger partial charge in [0.25, 0.3) is 5.91 Å². The maximum absolute atomic E-state index is 11.6. The van der Waals surface area contributed by atoms with Crippen LogP contribution >= 0.6 is 0 Å². The van der Waals surface area contributed by atoms with Crippen LogP contribution in [-0.4, -0.2) is 51.4 Å². The normalized spacial score (nSPS) is 10.7. The molecule has 1 aromatic heterocycles. The van der Waals surface area contributed by atoms with Crippen molar-refractivity contribution in [2.24, 2.45) is 5.10 Å². The molecule has 0 bridgehead atoms. The van der Waals surface area contributed by atoms with Gasteiger partial charge in [-0.3, -0.25) is 4.79 Å². The summed E-state index contributed by atoms with van der Waals surface area (Å²) in [6, 6.07) is 9.44. The minimum atomic E-state index is -0.319. The summed E-state index contributed by atoms with van der Waals surface area (Å²) in [5, 5.41) is 15.6. The van der Waals surface area contributed by atoms with Crippen LogP contribution in [0.4, 0.5) is 0 Å². The second-order valence-electron chi connectivity index (χ2n) is 4.25. The largest absolute Gasteiger partial charge is 0.367 e. The van der Waals surface area contributed by atoms with Gasteiger partial charge >= 0.3 is 0 Å². The highest BCUT2D eigenvalue weighted by Crippen LogP contribution is 2.11. The number of carbonyl (C=O) groups is 1. The number of hydrogen-bond donors (Lipinski definition) is 1. The molecule has 0 aliphatic heterocycles. The highest BCUT2D eigenvalue weighted by molar-refractivity contribution is 5.76. The molecule has 8 nitrogen and oxygen atoms in total. The Morgan fingerprint density at radius 3 is 2.85 bits per heavy atom.